The van der Waals surface area contributed by atoms with E-state index in [1.54, 1.807) is 0 Å². The molecule has 0 aromatic heterocycles. The van der Waals surface area contributed by atoms with Crippen LogP contribution in [0.5, 0.6) is 0 Å². The van der Waals surface area contributed by atoms with E-state index < -0.39 is 9.84 Å². The van der Waals surface area contributed by atoms with Crippen LogP contribution < -0.4 is 5.32 Å². The molecule has 0 saturated heterocycles. The standard InChI is InChI=1S/C11H25NO3S/c1-4-8-15-10-11(12-5-2)7-6-9-16(3,13)14/h11-12H,4-10H2,1-3H3. The molecular weight excluding hydrogens is 226 g/mol. The van der Waals surface area contributed by atoms with Crippen LogP contribution in [0.1, 0.15) is 33.1 Å². The van der Waals surface area contributed by atoms with Crippen molar-refractivity contribution < 1.29 is 13.2 Å². The average Bonchev–Trinajstić information content (AvgIpc) is 2.16. The Labute approximate surface area is 99.7 Å². The molecule has 0 bridgehead atoms. The molecule has 0 fully saturated rings. The normalized spacial score (nSPS) is 13.9. The Morgan fingerprint density at radius 1 is 1.31 bits per heavy atom. The van der Waals surface area contributed by atoms with E-state index in [1.165, 1.54) is 6.26 Å². The molecule has 0 amide bonds. The number of likely N-dealkylation sites (N-methyl/N-ethyl adjacent to an activating group) is 1. The van der Waals surface area contributed by atoms with Crippen molar-refractivity contribution in [1.82, 2.24) is 5.32 Å². The lowest BCUT2D eigenvalue weighted by Gasteiger charge is -2.17. The van der Waals surface area contributed by atoms with Crippen molar-refractivity contribution in [3.63, 3.8) is 0 Å². The smallest absolute Gasteiger partial charge is 0.147 e. The first-order valence-electron chi connectivity index (χ1n) is 5.98. The fourth-order valence-electron chi connectivity index (χ4n) is 1.49. The SMILES string of the molecule is CCCOCC(CCCS(C)(=O)=O)NCC. The number of rotatable bonds is 10. The molecule has 1 N–H and O–H groups in total. The predicted octanol–water partition coefficient (Wildman–Crippen LogP) is 1.22. The van der Waals surface area contributed by atoms with Crippen LogP contribution in [0.2, 0.25) is 0 Å². The molecule has 16 heavy (non-hydrogen) atoms. The third-order valence-electron chi connectivity index (χ3n) is 2.23. The predicted molar refractivity (Wildman–Crippen MR) is 67.5 cm³/mol. The van der Waals surface area contributed by atoms with Gasteiger partial charge in [0.1, 0.15) is 9.84 Å². The first-order chi connectivity index (χ1) is 7.49. The zero-order valence-electron chi connectivity index (χ0n) is 10.7. The lowest BCUT2D eigenvalue weighted by atomic mass is 10.2. The molecule has 0 aliphatic rings. The Morgan fingerprint density at radius 2 is 2.00 bits per heavy atom. The first kappa shape index (κ1) is 15.9. The number of ether oxygens (including phenoxy) is 1. The number of hydrogen-bond acceptors (Lipinski definition) is 4. The third kappa shape index (κ3) is 10.4. The van der Waals surface area contributed by atoms with E-state index in [1.807, 2.05) is 6.92 Å². The second kappa shape index (κ2) is 8.96. The van der Waals surface area contributed by atoms with Crippen molar-refractivity contribution in [2.24, 2.45) is 0 Å². The Bertz CT molecular complexity index is 252. The van der Waals surface area contributed by atoms with Crippen molar-refractivity contribution >= 4 is 9.84 Å². The Balaban J connectivity index is 3.75. The second-order valence-corrected chi connectivity index (χ2v) is 6.36. The number of nitrogens with one attached hydrogen (secondary N) is 1. The van der Waals surface area contributed by atoms with Gasteiger partial charge in [-0.05, 0) is 25.8 Å². The third-order valence-corrected chi connectivity index (χ3v) is 3.26. The van der Waals surface area contributed by atoms with Crippen molar-refractivity contribution in [2.75, 3.05) is 31.8 Å². The van der Waals surface area contributed by atoms with Crippen molar-refractivity contribution in [3.8, 4) is 0 Å². The molecule has 0 radical (unpaired) electrons. The molecule has 1 unspecified atom stereocenters. The fourth-order valence-corrected chi connectivity index (χ4v) is 2.19. The minimum atomic E-state index is -2.83. The highest BCUT2D eigenvalue weighted by atomic mass is 32.2. The maximum atomic E-state index is 11.0. The van der Waals surface area contributed by atoms with E-state index in [-0.39, 0.29) is 11.8 Å². The van der Waals surface area contributed by atoms with Gasteiger partial charge in [-0.3, -0.25) is 0 Å². The number of hydrogen-bond donors (Lipinski definition) is 1. The maximum absolute atomic E-state index is 11.0. The molecule has 0 saturated carbocycles. The fraction of sp³-hybridized carbons (Fsp3) is 1.00. The molecule has 1 atom stereocenters. The van der Waals surface area contributed by atoms with Crippen LogP contribution in [-0.2, 0) is 14.6 Å². The van der Waals surface area contributed by atoms with E-state index in [0.29, 0.717) is 13.0 Å². The molecule has 0 rings (SSSR count). The molecule has 5 heteroatoms. The van der Waals surface area contributed by atoms with Crippen LogP contribution in [0.3, 0.4) is 0 Å². The van der Waals surface area contributed by atoms with Gasteiger partial charge in [0.25, 0.3) is 0 Å². The molecule has 0 aliphatic heterocycles. The van der Waals surface area contributed by atoms with E-state index in [4.69, 9.17) is 4.74 Å². The minimum absolute atomic E-state index is 0.267. The van der Waals surface area contributed by atoms with Crippen LogP contribution in [0.25, 0.3) is 0 Å². The van der Waals surface area contributed by atoms with Gasteiger partial charge < -0.3 is 10.1 Å². The van der Waals surface area contributed by atoms with Crippen molar-refractivity contribution in [2.45, 2.75) is 39.2 Å². The summed E-state index contributed by atoms with van der Waals surface area (Å²) in [5.41, 5.74) is 0. The van der Waals surface area contributed by atoms with Crippen LogP contribution >= 0.6 is 0 Å². The van der Waals surface area contributed by atoms with Crippen LogP contribution in [0.4, 0.5) is 0 Å². The molecule has 0 spiro atoms. The lowest BCUT2D eigenvalue weighted by Crippen LogP contribution is -2.33. The highest BCUT2D eigenvalue weighted by Crippen LogP contribution is 2.01. The summed E-state index contributed by atoms with van der Waals surface area (Å²) in [5, 5.41) is 3.31. The maximum Gasteiger partial charge on any atom is 0.147 e. The molecular formula is C11H25NO3S. The summed E-state index contributed by atoms with van der Waals surface area (Å²) >= 11 is 0. The minimum Gasteiger partial charge on any atom is -0.380 e. The molecule has 4 nitrogen and oxygen atoms in total. The molecule has 0 aromatic carbocycles. The molecule has 98 valence electrons. The quantitative estimate of drug-likeness (QED) is 0.593. The van der Waals surface area contributed by atoms with E-state index >= 15 is 0 Å². The summed E-state index contributed by atoms with van der Waals surface area (Å²) in [5.74, 6) is 0.267. The van der Waals surface area contributed by atoms with Gasteiger partial charge >= 0.3 is 0 Å². The van der Waals surface area contributed by atoms with E-state index in [9.17, 15) is 8.42 Å². The van der Waals surface area contributed by atoms with Crippen LogP contribution in [0, 0.1) is 0 Å². The summed E-state index contributed by atoms with van der Waals surface area (Å²) in [6.07, 6.45) is 3.85. The lowest BCUT2D eigenvalue weighted by molar-refractivity contribution is 0.109. The zero-order chi connectivity index (χ0) is 12.4. The van der Waals surface area contributed by atoms with Crippen LogP contribution in [-0.4, -0.2) is 46.2 Å². The van der Waals surface area contributed by atoms with E-state index in [0.717, 1.165) is 26.0 Å². The van der Waals surface area contributed by atoms with Crippen molar-refractivity contribution in [3.05, 3.63) is 0 Å². The molecule has 0 heterocycles. The largest absolute Gasteiger partial charge is 0.380 e. The second-order valence-electron chi connectivity index (χ2n) is 4.10. The van der Waals surface area contributed by atoms with Gasteiger partial charge in [0, 0.05) is 24.7 Å². The summed E-state index contributed by atoms with van der Waals surface area (Å²) in [6.45, 7) is 6.45. The number of sulfone groups is 1. The topological polar surface area (TPSA) is 55.4 Å². The zero-order valence-corrected chi connectivity index (χ0v) is 11.5. The highest BCUT2D eigenvalue weighted by Gasteiger charge is 2.09. The van der Waals surface area contributed by atoms with Gasteiger partial charge in [-0.15, -0.1) is 0 Å². The van der Waals surface area contributed by atoms with Gasteiger partial charge in [-0.25, -0.2) is 8.42 Å². The van der Waals surface area contributed by atoms with Gasteiger partial charge in [-0.2, -0.15) is 0 Å². The van der Waals surface area contributed by atoms with Gasteiger partial charge in [0.05, 0.1) is 6.61 Å². The molecule has 0 aliphatic carbocycles. The Morgan fingerprint density at radius 3 is 2.50 bits per heavy atom. The Kier molecular flexibility index (Phi) is 8.89. The van der Waals surface area contributed by atoms with Crippen LogP contribution in [0.15, 0.2) is 0 Å². The van der Waals surface area contributed by atoms with E-state index in [2.05, 4.69) is 12.2 Å². The van der Waals surface area contributed by atoms with Gasteiger partial charge in [-0.1, -0.05) is 13.8 Å². The Hall–Kier alpha value is -0.130. The monoisotopic (exact) mass is 251 g/mol. The summed E-state index contributed by atoms with van der Waals surface area (Å²) < 4.78 is 27.4. The van der Waals surface area contributed by atoms with Gasteiger partial charge in [0.15, 0.2) is 0 Å². The molecule has 0 aromatic rings. The summed E-state index contributed by atoms with van der Waals surface area (Å²) in [6, 6.07) is 0.276. The first-order valence-corrected chi connectivity index (χ1v) is 8.04. The van der Waals surface area contributed by atoms with Gasteiger partial charge in [0.2, 0.25) is 0 Å². The summed E-state index contributed by atoms with van der Waals surface area (Å²) in [7, 11) is -2.83. The average molecular weight is 251 g/mol. The van der Waals surface area contributed by atoms with Crippen molar-refractivity contribution in [1.29, 1.82) is 0 Å². The highest BCUT2D eigenvalue weighted by molar-refractivity contribution is 7.90. The summed E-state index contributed by atoms with van der Waals surface area (Å²) in [4.78, 5) is 0.